The van der Waals surface area contributed by atoms with Gasteiger partial charge in [-0.2, -0.15) is 0 Å². The lowest BCUT2D eigenvalue weighted by Gasteiger charge is -2.07. The van der Waals surface area contributed by atoms with E-state index in [2.05, 4.69) is 0 Å². The highest BCUT2D eigenvalue weighted by Gasteiger charge is 2.16. The van der Waals surface area contributed by atoms with Gasteiger partial charge in [0.15, 0.2) is 11.3 Å². The van der Waals surface area contributed by atoms with Crippen LogP contribution in [0, 0.1) is 0 Å². The Labute approximate surface area is 192 Å². The SMILES string of the molecule is COc1cccc2cc(-c3cc(=O)oc4ccc(OC(=O)Cc5ccc(Cl)cc5)cc34)oc12. The van der Waals surface area contributed by atoms with E-state index in [-0.39, 0.29) is 6.42 Å². The topological polar surface area (TPSA) is 78.9 Å². The number of para-hydroxylation sites is 1. The fourth-order valence-electron chi connectivity index (χ4n) is 3.68. The molecule has 5 rings (SSSR count). The van der Waals surface area contributed by atoms with Crippen molar-refractivity contribution in [1.82, 2.24) is 0 Å². The predicted octanol–water partition coefficient (Wildman–Crippen LogP) is 6.02. The van der Waals surface area contributed by atoms with Gasteiger partial charge in [-0.05, 0) is 48.0 Å². The highest BCUT2D eigenvalue weighted by Crippen LogP contribution is 2.36. The molecule has 0 aliphatic rings. The van der Waals surface area contributed by atoms with Crippen LogP contribution in [0.25, 0.3) is 33.3 Å². The first-order valence-corrected chi connectivity index (χ1v) is 10.5. The predicted molar refractivity (Wildman–Crippen MR) is 125 cm³/mol. The zero-order valence-corrected chi connectivity index (χ0v) is 18.2. The molecule has 0 saturated carbocycles. The van der Waals surface area contributed by atoms with Gasteiger partial charge in [0.1, 0.15) is 17.1 Å². The minimum atomic E-state index is -0.516. The second-order valence-corrected chi connectivity index (χ2v) is 7.84. The van der Waals surface area contributed by atoms with Gasteiger partial charge in [0.2, 0.25) is 0 Å². The molecular formula is C26H17ClO6. The van der Waals surface area contributed by atoms with Crippen molar-refractivity contribution in [2.24, 2.45) is 0 Å². The first kappa shape index (κ1) is 20.8. The summed E-state index contributed by atoms with van der Waals surface area (Å²) in [5.74, 6) is 0.953. The second-order valence-electron chi connectivity index (χ2n) is 7.40. The smallest absolute Gasteiger partial charge is 0.336 e. The van der Waals surface area contributed by atoms with Crippen LogP contribution in [-0.2, 0) is 11.2 Å². The summed E-state index contributed by atoms with van der Waals surface area (Å²) in [4.78, 5) is 24.6. The zero-order chi connectivity index (χ0) is 22.9. The van der Waals surface area contributed by atoms with Crippen LogP contribution in [0.1, 0.15) is 5.56 Å². The van der Waals surface area contributed by atoms with E-state index in [1.807, 2.05) is 18.2 Å². The number of benzene rings is 3. The molecule has 3 aromatic carbocycles. The Kier molecular flexibility index (Phi) is 5.36. The normalized spacial score (nSPS) is 11.1. The summed E-state index contributed by atoms with van der Waals surface area (Å²) in [6, 6.07) is 20.5. The first-order valence-electron chi connectivity index (χ1n) is 10.1. The largest absolute Gasteiger partial charge is 0.493 e. The monoisotopic (exact) mass is 460 g/mol. The third-order valence-corrected chi connectivity index (χ3v) is 5.45. The molecule has 6 nitrogen and oxygen atoms in total. The number of furan rings is 1. The summed E-state index contributed by atoms with van der Waals surface area (Å²) in [7, 11) is 1.56. The Hall–Kier alpha value is -4.03. The molecule has 0 unspecified atom stereocenters. The van der Waals surface area contributed by atoms with Crippen molar-refractivity contribution in [2.75, 3.05) is 7.11 Å². The highest BCUT2D eigenvalue weighted by atomic mass is 35.5. The van der Waals surface area contributed by atoms with Gasteiger partial charge in [0.05, 0.1) is 13.5 Å². The Morgan fingerprint density at radius 2 is 1.79 bits per heavy atom. The second kappa shape index (κ2) is 8.48. The van der Waals surface area contributed by atoms with Crippen molar-refractivity contribution in [3.8, 4) is 22.8 Å². The number of hydrogen-bond donors (Lipinski definition) is 0. The summed E-state index contributed by atoms with van der Waals surface area (Å²) >= 11 is 5.89. The van der Waals surface area contributed by atoms with Crippen LogP contribution in [0.2, 0.25) is 5.02 Å². The lowest BCUT2D eigenvalue weighted by molar-refractivity contribution is -0.133. The minimum Gasteiger partial charge on any atom is -0.493 e. The lowest BCUT2D eigenvalue weighted by Crippen LogP contribution is -2.11. The van der Waals surface area contributed by atoms with Crippen LogP contribution in [0.4, 0.5) is 0 Å². The van der Waals surface area contributed by atoms with Gasteiger partial charge in [-0.15, -0.1) is 0 Å². The summed E-state index contributed by atoms with van der Waals surface area (Å²) in [5.41, 5.74) is 1.71. The molecule has 2 aromatic heterocycles. The molecule has 2 heterocycles. The summed E-state index contributed by atoms with van der Waals surface area (Å²) in [6.07, 6.45) is 0.0926. The average molecular weight is 461 g/mol. The molecule has 0 saturated heterocycles. The molecule has 0 spiro atoms. The van der Waals surface area contributed by atoms with E-state index >= 15 is 0 Å². The van der Waals surface area contributed by atoms with Gasteiger partial charge >= 0.3 is 11.6 Å². The third kappa shape index (κ3) is 4.21. The molecule has 0 amide bonds. The molecule has 0 bridgehead atoms. The molecule has 164 valence electrons. The summed E-state index contributed by atoms with van der Waals surface area (Å²) in [5, 5.41) is 2.00. The van der Waals surface area contributed by atoms with E-state index in [9.17, 15) is 9.59 Å². The molecule has 7 heteroatoms. The minimum absolute atomic E-state index is 0.0926. The number of hydrogen-bond acceptors (Lipinski definition) is 6. The molecule has 0 radical (unpaired) electrons. The molecule has 33 heavy (non-hydrogen) atoms. The third-order valence-electron chi connectivity index (χ3n) is 5.20. The van der Waals surface area contributed by atoms with Gasteiger partial charge < -0.3 is 18.3 Å². The lowest BCUT2D eigenvalue weighted by atomic mass is 10.1. The van der Waals surface area contributed by atoms with Crippen molar-refractivity contribution in [3.05, 3.63) is 93.8 Å². The summed E-state index contributed by atoms with van der Waals surface area (Å²) < 4.78 is 22.3. The number of carbonyl (C=O) groups excluding carboxylic acids is 1. The van der Waals surface area contributed by atoms with Crippen molar-refractivity contribution >= 4 is 39.5 Å². The fraction of sp³-hybridized carbons (Fsp3) is 0.0769. The highest BCUT2D eigenvalue weighted by molar-refractivity contribution is 6.30. The Bertz CT molecular complexity index is 1550. The van der Waals surface area contributed by atoms with E-state index in [1.54, 1.807) is 55.6 Å². The van der Waals surface area contributed by atoms with E-state index in [0.29, 0.717) is 44.4 Å². The number of halogens is 1. The maximum atomic E-state index is 12.4. The fourth-order valence-corrected chi connectivity index (χ4v) is 3.80. The maximum Gasteiger partial charge on any atom is 0.336 e. The van der Waals surface area contributed by atoms with Gasteiger partial charge in [-0.25, -0.2) is 4.79 Å². The van der Waals surface area contributed by atoms with Crippen LogP contribution < -0.4 is 15.1 Å². The zero-order valence-electron chi connectivity index (χ0n) is 17.5. The first-order chi connectivity index (χ1) is 16.0. The van der Waals surface area contributed by atoms with E-state index < -0.39 is 11.6 Å². The Morgan fingerprint density at radius 3 is 2.58 bits per heavy atom. The van der Waals surface area contributed by atoms with Gasteiger partial charge in [0, 0.05) is 27.4 Å². The van der Waals surface area contributed by atoms with Gasteiger partial charge in [-0.3, -0.25) is 4.79 Å². The number of fused-ring (bicyclic) bond motifs is 2. The molecule has 5 aromatic rings. The number of methoxy groups -OCH3 is 1. The van der Waals surface area contributed by atoms with Gasteiger partial charge in [-0.1, -0.05) is 35.9 Å². The summed E-state index contributed by atoms with van der Waals surface area (Å²) in [6.45, 7) is 0. The van der Waals surface area contributed by atoms with Crippen molar-refractivity contribution in [3.63, 3.8) is 0 Å². The van der Waals surface area contributed by atoms with Crippen LogP contribution in [0.5, 0.6) is 11.5 Å². The molecule has 0 fully saturated rings. The number of carbonyl (C=O) groups is 1. The van der Waals surface area contributed by atoms with Crippen LogP contribution in [0.15, 0.2) is 86.4 Å². The quantitative estimate of drug-likeness (QED) is 0.181. The number of rotatable bonds is 5. The maximum absolute atomic E-state index is 12.4. The van der Waals surface area contributed by atoms with Crippen molar-refractivity contribution in [1.29, 1.82) is 0 Å². The molecule has 0 aliphatic heterocycles. The number of esters is 1. The van der Waals surface area contributed by atoms with E-state index in [4.69, 9.17) is 29.9 Å². The Balaban J connectivity index is 1.52. The number of ether oxygens (including phenoxy) is 2. The van der Waals surface area contributed by atoms with Crippen molar-refractivity contribution in [2.45, 2.75) is 6.42 Å². The van der Waals surface area contributed by atoms with Crippen LogP contribution >= 0.6 is 11.6 Å². The molecular weight excluding hydrogens is 444 g/mol. The average Bonchev–Trinajstić information content (AvgIpc) is 3.24. The van der Waals surface area contributed by atoms with Gasteiger partial charge in [0.25, 0.3) is 0 Å². The molecule has 0 N–H and O–H groups in total. The molecule has 0 aliphatic carbocycles. The Morgan fingerprint density at radius 1 is 0.970 bits per heavy atom. The van der Waals surface area contributed by atoms with E-state index in [1.165, 1.54) is 6.07 Å². The van der Waals surface area contributed by atoms with E-state index in [0.717, 1.165) is 10.9 Å². The molecule has 0 atom stereocenters. The van der Waals surface area contributed by atoms with Crippen LogP contribution in [-0.4, -0.2) is 13.1 Å². The van der Waals surface area contributed by atoms with Crippen molar-refractivity contribution < 1.29 is 23.1 Å². The standard InChI is InChI=1S/C26H17ClO6/c1-30-22-4-2-3-16-12-23(33-26(16)22)20-14-25(29)32-21-10-9-18(13-19(20)21)31-24(28)11-15-5-7-17(27)8-6-15/h2-10,12-14H,11H2,1H3. The van der Waals surface area contributed by atoms with Crippen LogP contribution in [0.3, 0.4) is 0 Å².